The molecule has 0 bridgehead atoms. The average Bonchev–Trinajstić information content (AvgIpc) is 3.87. The SMILES string of the molecule is COCc1ccc(C(C)=O)c2sc(C(=O)Nc3ccc4c(CO)cccc4n3)c(C)c12.COCc1ccc(C(C)=O)c2sc(C(=O)Nc3ccc4c(CO)cccc4n3)c(C)c12.O=S(=O)(O)CCS(=O)(=O)O. The van der Waals surface area contributed by atoms with Crippen molar-refractivity contribution in [3.05, 3.63) is 139 Å². The highest BCUT2D eigenvalue weighted by Gasteiger charge is 2.24. The van der Waals surface area contributed by atoms with Crippen molar-refractivity contribution in [3.8, 4) is 0 Å². The van der Waals surface area contributed by atoms with Gasteiger partial charge in [-0.05, 0) is 110 Å². The third-order valence-corrected chi connectivity index (χ3v) is 15.5. The first kappa shape index (κ1) is 54.9. The zero-order chi connectivity index (χ0) is 52.7. The molecule has 0 saturated heterocycles. The first-order valence-corrected chi connectivity index (χ1v) is 26.6. The van der Waals surface area contributed by atoms with Crippen LogP contribution in [0.2, 0.25) is 0 Å². The number of aliphatic hydroxyl groups is 2. The Morgan fingerprint density at radius 3 is 1.25 bits per heavy atom. The van der Waals surface area contributed by atoms with Crippen LogP contribution in [0.25, 0.3) is 42.0 Å². The smallest absolute Gasteiger partial charge is 0.267 e. The van der Waals surface area contributed by atoms with Crippen LogP contribution in [0.4, 0.5) is 11.6 Å². The molecule has 18 nitrogen and oxygen atoms in total. The second-order valence-electron chi connectivity index (χ2n) is 16.2. The third kappa shape index (κ3) is 13.0. The van der Waals surface area contributed by atoms with Gasteiger partial charge in [0, 0.05) is 56.3 Å². The molecule has 72 heavy (non-hydrogen) atoms. The number of carbonyl (C=O) groups is 4. The number of ether oxygens (including phenoxy) is 2. The van der Waals surface area contributed by atoms with E-state index in [4.69, 9.17) is 18.6 Å². The van der Waals surface area contributed by atoms with Crippen LogP contribution in [0.3, 0.4) is 0 Å². The number of fused-ring (bicyclic) bond motifs is 4. The van der Waals surface area contributed by atoms with E-state index < -0.39 is 31.7 Å². The maximum atomic E-state index is 13.1. The van der Waals surface area contributed by atoms with E-state index in [9.17, 15) is 46.2 Å². The second kappa shape index (κ2) is 23.4. The minimum Gasteiger partial charge on any atom is -0.392 e. The highest BCUT2D eigenvalue weighted by Crippen LogP contribution is 2.38. The van der Waals surface area contributed by atoms with Crippen molar-refractivity contribution >= 4 is 120 Å². The lowest BCUT2D eigenvalue weighted by Gasteiger charge is -2.08. The molecule has 0 fully saturated rings. The molecule has 22 heteroatoms. The van der Waals surface area contributed by atoms with E-state index in [0.717, 1.165) is 64.3 Å². The number of aryl methyl sites for hydroxylation is 2. The van der Waals surface area contributed by atoms with Gasteiger partial charge in [0.15, 0.2) is 11.6 Å². The number of nitrogens with zero attached hydrogens (tertiary/aromatic N) is 2. The molecule has 8 rings (SSSR count). The monoisotopic (exact) mass is 1060 g/mol. The van der Waals surface area contributed by atoms with Crippen molar-refractivity contribution in [1.29, 1.82) is 0 Å². The number of hydrogen-bond donors (Lipinski definition) is 6. The molecule has 0 atom stereocenters. The molecule has 4 heterocycles. The normalized spacial score (nSPS) is 11.5. The Morgan fingerprint density at radius 2 is 0.931 bits per heavy atom. The van der Waals surface area contributed by atoms with E-state index >= 15 is 0 Å². The largest absolute Gasteiger partial charge is 0.392 e. The predicted molar refractivity (Wildman–Crippen MR) is 279 cm³/mol. The molecule has 4 aromatic heterocycles. The number of amides is 2. The van der Waals surface area contributed by atoms with Crippen LogP contribution in [0.15, 0.2) is 84.9 Å². The second-order valence-corrected chi connectivity index (χ2v) is 21.4. The van der Waals surface area contributed by atoms with Crippen LogP contribution >= 0.6 is 22.7 Å². The molecular formula is C50H50N4O14S4. The van der Waals surface area contributed by atoms with Crippen molar-refractivity contribution in [2.45, 2.75) is 54.1 Å². The molecular weight excluding hydrogens is 1010 g/mol. The molecule has 0 saturated carbocycles. The number of thiophene rings is 2. The van der Waals surface area contributed by atoms with E-state index in [2.05, 4.69) is 20.6 Å². The molecule has 4 aromatic carbocycles. The van der Waals surface area contributed by atoms with Crippen LogP contribution in [0.1, 0.15) is 87.3 Å². The first-order valence-electron chi connectivity index (χ1n) is 21.7. The molecule has 6 N–H and O–H groups in total. The number of rotatable bonds is 15. The molecule has 0 aliphatic rings. The van der Waals surface area contributed by atoms with Gasteiger partial charge in [0.25, 0.3) is 32.1 Å². The summed E-state index contributed by atoms with van der Waals surface area (Å²) in [6, 6.07) is 25.5. The number of hydrogen-bond acceptors (Lipinski definition) is 16. The molecule has 0 spiro atoms. The van der Waals surface area contributed by atoms with Crippen molar-refractivity contribution in [3.63, 3.8) is 0 Å². The van der Waals surface area contributed by atoms with Crippen LogP contribution < -0.4 is 10.6 Å². The molecule has 0 aliphatic carbocycles. The summed E-state index contributed by atoms with van der Waals surface area (Å²) in [6.45, 7) is 7.47. The molecule has 0 unspecified atom stereocenters. The Bertz CT molecular complexity index is 3390. The van der Waals surface area contributed by atoms with E-state index in [-0.39, 0.29) is 36.6 Å². The summed E-state index contributed by atoms with van der Waals surface area (Å²) in [5, 5.41) is 28.2. The fourth-order valence-electron chi connectivity index (χ4n) is 7.81. The van der Waals surface area contributed by atoms with Gasteiger partial charge >= 0.3 is 0 Å². The number of benzene rings is 4. The van der Waals surface area contributed by atoms with E-state index in [0.29, 0.717) is 56.8 Å². The number of anilines is 2. The summed E-state index contributed by atoms with van der Waals surface area (Å²) in [7, 11) is -5.36. The lowest BCUT2D eigenvalue weighted by molar-refractivity contribution is 0.101. The number of aliphatic hydroxyl groups excluding tert-OH is 2. The predicted octanol–water partition coefficient (Wildman–Crippen LogP) is 8.47. The summed E-state index contributed by atoms with van der Waals surface area (Å²) >= 11 is 2.61. The van der Waals surface area contributed by atoms with E-state index in [1.165, 1.54) is 36.5 Å². The minimum atomic E-state index is -4.30. The maximum Gasteiger partial charge on any atom is 0.267 e. The quantitative estimate of drug-likeness (QED) is 0.0415. The zero-order valence-corrected chi connectivity index (χ0v) is 43.0. The fraction of sp³-hybridized carbons (Fsp3) is 0.240. The molecule has 8 aromatic rings. The molecule has 378 valence electrons. The van der Waals surface area contributed by atoms with Gasteiger partial charge in [-0.2, -0.15) is 16.8 Å². The topological polar surface area (TPSA) is 286 Å². The summed E-state index contributed by atoms with van der Waals surface area (Å²) in [4.78, 5) is 60.6. The van der Waals surface area contributed by atoms with E-state index in [1.54, 1.807) is 38.5 Å². The van der Waals surface area contributed by atoms with Crippen molar-refractivity contribution in [2.24, 2.45) is 0 Å². The van der Waals surface area contributed by atoms with Crippen LogP contribution in [-0.2, 0) is 56.1 Å². The van der Waals surface area contributed by atoms with Gasteiger partial charge in [-0.3, -0.25) is 28.3 Å². The summed E-state index contributed by atoms with van der Waals surface area (Å²) in [6.07, 6.45) is 0. The number of aromatic nitrogens is 2. The van der Waals surface area contributed by atoms with E-state index in [1.807, 2.05) is 74.5 Å². The fourth-order valence-corrected chi connectivity index (χ4v) is 12.1. The molecule has 0 aliphatic heterocycles. The number of pyridine rings is 2. The minimum absolute atomic E-state index is 0.0435. The van der Waals surface area contributed by atoms with Crippen LogP contribution in [0, 0.1) is 13.8 Å². The van der Waals surface area contributed by atoms with Gasteiger partial charge in [0.2, 0.25) is 0 Å². The highest BCUT2D eigenvalue weighted by molar-refractivity contribution is 7.89. The number of nitrogens with one attached hydrogen (secondary N) is 2. The Hall–Kier alpha value is -6.44. The average molecular weight is 1060 g/mol. The van der Waals surface area contributed by atoms with Crippen molar-refractivity contribution < 1.29 is 64.8 Å². The molecule has 0 radical (unpaired) electrons. The Labute approximate surface area is 422 Å². The number of carbonyl (C=O) groups excluding carboxylic acids is 4. The van der Waals surface area contributed by atoms with Gasteiger partial charge < -0.3 is 30.3 Å². The standard InChI is InChI=1S/2C24H22N2O4S.C2H6O6S2/c2*1-13-21-16(12-30-3)7-8-17(14(2)28)23(21)31-22(13)24(29)26-20-10-9-18-15(11-27)5-4-6-19(18)25-20;3-9(4,5)1-2-10(6,7)8/h2*4-10,27H,11-12H2,1-3H3,(H,25,26,29);1-2H2,(H,3,4,5)(H,6,7,8). The van der Waals surface area contributed by atoms with Gasteiger partial charge in [0.1, 0.15) is 11.6 Å². The zero-order valence-electron chi connectivity index (χ0n) is 39.7. The number of Topliss-reactive ketones (excluding diaryl/α,β-unsaturated/α-hetero) is 2. The summed E-state index contributed by atoms with van der Waals surface area (Å²) in [5.74, 6) is -1.75. The summed E-state index contributed by atoms with van der Waals surface area (Å²) in [5.41, 5.74) is 7.66. The third-order valence-electron chi connectivity index (χ3n) is 11.2. The summed E-state index contributed by atoms with van der Waals surface area (Å²) < 4.78 is 67.6. The van der Waals surface area contributed by atoms with Gasteiger partial charge in [-0.1, -0.05) is 36.4 Å². The van der Waals surface area contributed by atoms with Crippen molar-refractivity contribution in [2.75, 3.05) is 36.4 Å². The van der Waals surface area contributed by atoms with Gasteiger partial charge in [0.05, 0.1) is 58.7 Å². The van der Waals surface area contributed by atoms with Crippen LogP contribution in [-0.4, -0.2) is 95.2 Å². The Balaban J connectivity index is 0.000000198. The van der Waals surface area contributed by atoms with Crippen LogP contribution in [0.5, 0.6) is 0 Å². The van der Waals surface area contributed by atoms with Crippen molar-refractivity contribution in [1.82, 2.24) is 9.97 Å². The Kier molecular flexibility index (Phi) is 17.8. The first-order chi connectivity index (χ1) is 34.1. The molecule has 2 amide bonds. The van der Waals surface area contributed by atoms with Gasteiger partial charge in [-0.25, -0.2) is 9.97 Å². The Morgan fingerprint density at radius 1 is 0.556 bits per heavy atom. The maximum absolute atomic E-state index is 13.1. The lowest BCUT2D eigenvalue weighted by atomic mass is 10.0. The van der Waals surface area contributed by atoms with Gasteiger partial charge in [-0.15, -0.1) is 22.7 Å². The number of methoxy groups -OCH3 is 2. The highest BCUT2D eigenvalue weighted by atomic mass is 32.2. The lowest BCUT2D eigenvalue weighted by Crippen LogP contribution is -2.15. The number of ketones is 2.